The minimum Gasteiger partial charge on any atom is -0.338 e. The predicted octanol–water partition coefficient (Wildman–Crippen LogP) is 3.46. The molecule has 2 aliphatic heterocycles. The van der Waals surface area contributed by atoms with Gasteiger partial charge in [0.15, 0.2) is 5.13 Å². The summed E-state index contributed by atoms with van der Waals surface area (Å²) in [7, 11) is -3.51. The number of rotatable bonds is 6. The maximum Gasteiger partial charge on any atom is 0.257 e. The minimum absolute atomic E-state index is 0.144. The van der Waals surface area contributed by atoms with Crippen molar-refractivity contribution in [1.29, 1.82) is 0 Å². The van der Waals surface area contributed by atoms with Gasteiger partial charge in [-0.15, -0.1) is 0 Å². The lowest BCUT2D eigenvalue weighted by molar-refractivity contribution is -0.128. The van der Waals surface area contributed by atoms with Crippen LogP contribution in [0, 0.1) is 0 Å². The van der Waals surface area contributed by atoms with Gasteiger partial charge in [0.2, 0.25) is 15.9 Å². The van der Waals surface area contributed by atoms with E-state index in [1.165, 1.54) is 15.6 Å². The van der Waals surface area contributed by atoms with E-state index in [-0.39, 0.29) is 16.7 Å². The Morgan fingerprint density at radius 2 is 1.88 bits per heavy atom. The molecule has 1 N–H and O–H groups in total. The van der Waals surface area contributed by atoms with Gasteiger partial charge in [0, 0.05) is 38.2 Å². The maximum absolute atomic E-state index is 12.8. The van der Waals surface area contributed by atoms with Crippen LogP contribution >= 0.6 is 11.3 Å². The largest absolute Gasteiger partial charge is 0.338 e. The lowest BCUT2D eigenvalue weighted by Gasteiger charge is -2.15. The highest BCUT2D eigenvalue weighted by molar-refractivity contribution is 7.89. The molecule has 0 bridgehead atoms. The molecule has 0 unspecified atom stereocenters. The molecule has 2 amide bonds. The predicted molar refractivity (Wildman–Crippen MR) is 127 cm³/mol. The number of nitrogens with one attached hydrogen (secondary N) is 1. The molecule has 2 fully saturated rings. The Balaban J connectivity index is 1.32. The second kappa shape index (κ2) is 8.85. The molecule has 2 aromatic carbocycles. The summed E-state index contributed by atoms with van der Waals surface area (Å²) >= 11 is 1.24. The number of nitrogens with zero attached hydrogens (tertiary/aromatic N) is 3. The van der Waals surface area contributed by atoms with Crippen LogP contribution in [-0.2, 0) is 21.4 Å². The van der Waals surface area contributed by atoms with Crippen LogP contribution in [0.25, 0.3) is 10.2 Å². The summed E-state index contributed by atoms with van der Waals surface area (Å²) in [5, 5.41) is 3.23. The summed E-state index contributed by atoms with van der Waals surface area (Å²) in [6, 6.07) is 12.1. The fraction of sp³-hybridized carbons (Fsp3) is 0.348. The quantitative estimate of drug-likeness (QED) is 0.578. The highest BCUT2D eigenvalue weighted by atomic mass is 32.2. The molecule has 8 nitrogen and oxygen atoms in total. The molecule has 1 aromatic heterocycles. The summed E-state index contributed by atoms with van der Waals surface area (Å²) < 4.78 is 27.9. The molecule has 2 aliphatic rings. The van der Waals surface area contributed by atoms with Gasteiger partial charge >= 0.3 is 0 Å². The van der Waals surface area contributed by atoms with Gasteiger partial charge in [-0.05, 0) is 55.2 Å². The van der Waals surface area contributed by atoms with E-state index < -0.39 is 10.0 Å². The van der Waals surface area contributed by atoms with E-state index in [1.807, 2.05) is 6.07 Å². The van der Waals surface area contributed by atoms with Crippen molar-refractivity contribution in [2.75, 3.05) is 25.0 Å². The number of fused-ring (bicyclic) bond motifs is 1. The molecular formula is C23H24N4O4S2. The van der Waals surface area contributed by atoms with E-state index in [4.69, 9.17) is 0 Å². The third-order valence-corrected chi connectivity index (χ3v) is 8.85. The molecule has 0 saturated carbocycles. The van der Waals surface area contributed by atoms with Crippen molar-refractivity contribution >= 4 is 48.5 Å². The van der Waals surface area contributed by atoms with Crippen LogP contribution in [0.2, 0.25) is 0 Å². The number of hydrogen-bond acceptors (Lipinski definition) is 6. The van der Waals surface area contributed by atoms with Gasteiger partial charge in [-0.3, -0.25) is 14.9 Å². The van der Waals surface area contributed by atoms with E-state index in [9.17, 15) is 18.0 Å². The van der Waals surface area contributed by atoms with E-state index in [0.29, 0.717) is 47.0 Å². The highest BCUT2D eigenvalue weighted by Crippen LogP contribution is 2.30. The molecule has 5 rings (SSSR count). The first kappa shape index (κ1) is 22.0. The summed E-state index contributed by atoms with van der Waals surface area (Å²) in [4.78, 5) is 31.2. The van der Waals surface area contributed by atoms with Gasteiger partial charge in [-0.2, -0.15) is 4.31 Å². The number of thiazole rings is 1. The number of sulfonamides is 1. The van der Waals surface area contributed by atoms with Crippen LogP contribution < -0.4 is 5.32 Å². The zero-order valence-electron chi connectivity index (χ0n) is 18.0. The van der Waals surface area contributed by atoms with Crippen molar-refractivity contribution in [1.82, 2.24) is 14.2 Å². The van der Waals surface area contributed by atoms with Crippen LogP contribution in [0.1, 0.15) is 41.6 Å². The third kappa shape index (κ3) is 4.50. The molecule has 172 valence electrons. The molecule has 0 radical (unpaired) electrons. The van der Waals surface area contributed by atoms with Crippen molar-refractivity contribution in [2.24, 2.45) is 0 Å². The standard InChI is InChI=1S/C23H24N4O4S2/c28-21-7-4-10-26(21)15-16-5-3-6-17(13-16)22(29)25-23-24-19-9-8-18(14-20(19)32-23)33(30,31)27-11-1-2-12-27/h3,5-6,8-9,13-14H,1-2,4,7,10-12,15H2,(H,24,25,29). The summed E-state index contributed by atoms with van der Waals surface area (Å²) in [5.41, 5.74) is 2.02. The van der Waals surface area contributed by atoms with Gasteiger partial charge in [-0.25, -0.2) is 13.4 Å². The van der Waals surface area contributed by atoms with Crippen molar-refractivity contribution in [2.45, 2.75) is 37.1 Å². The first-order chi connectivity index (χ1) is 15.9. The first-order valence-electron chi connectivity index (χ1n) is 11.0. The fourth-order valence-corrected chi connectivity index (χ4v) is 6.79. The molecular weight excluding hydrogens is 460 g/mol. The number of anilines is 1. The Labute approximate surface area is 196 Å². The van der Waals surface area contributed by atoms with Crippen molar-refractivity contribution in [3.05, 3.63) is 53.6 Å². The molecule has 2 saturated heterocycles. The Hall–Kier alpha value is -2.82. The molecule has 33 heavy (non-hydrogen) atoms. The summed E-state index contributed by atoms with van der Waals surface area (Å²) in [6.07, 6.45) is 3.22. The Morgan fingerprint density at radius 1 is 1.06 bits per heavy atom. The lowest BCUT2D eigenvalue weighted by Crippen LogP contribution is -2.27. The molecule has 0 aliphatic carbocycles. The normalized spacial score (nSPS) is 17.2. The lowest BCUT2D eigenvalue weighted by atomic mass is 10.1. The van der Waals surface area contributed by atoms with Crippen LogP contribution in [0.5, 0.6) is 0 Å². The number of amides is 2. The maximum atomic E-state index is 12.8. The second-order valence-corrected chi connectivity index (χ2v) is 11.3. The number of hydrogen-bond donors (Lipinski definition) is 1. The monoisotopic (exact) mass is 484 g/mol. The highest BCUT2D eigenvalue weighted by Gasteiger charge is 2.27. The smallest absolute Gasteiger partial charge is 0.257 e. The first-order valence-corrected chi connectivity index (χ1v) is 13.2. The van der Waals surface area contributed by atoms with Crippen LogP contribution in [0.4, 0.5) is 5.13 Å². The second-order valence-electron chi connectivity index (χ2n) is 8.33. The zero-order chi connectivity index (χ0) is 23.0. The topological polar surface area (TPSA) is 99.7 Å². The number of likely N-dealkylation sites (tertiary alicyclic amines) is 1. The molecule has 0 spiro atoms. The van der Waals surface area contributed by atoms with Crippen molar-refractivity contribution < 1.29 is 18.0 Å². The molecule has 3 heterocycles. The summed E-state index contributed by atoms with van der Waals surface area (Å²) in [6.45, 7) is 2.34. The van der Waals surface area contributed by atoms with E-state index >= 15 is 0 Å². The molecule has 0 atom stereocenters. The number of benzene rings is 2. The van der Waals surface area contributed by atoms with Crippen LogP contribution in [-0.4, -0.2) is 54.1 Å². The average molecular weight is 485 g/mol. The van der Waals surface area contributed by atoms with Crippen molar-refractivity contribution in [3.8, 4) is 0 Å². The number of carbonyl (C=O) groups is 2. The zero-order valence-corrected chi connectivity index (χ0v) is 19.6. The average Bonchev–Trinajstić information content (AvgIpc) is 3.55. The third-order valence-electron chi connectivity index (χ3n) is 6.02. The molecule has 3 aromatic rings. The van der Waals surface area contributed by atoms with Gasteiger partial charge in [0.1, 0.15) is 0 Å². The van der Waals surface area contributed by atoms with Gasteiger partial charge in [0.25, 0.3) is 5.91 Å². The van der Waals surface area contributed by atoms with Crippen molar-refractivity contribution in [3.63, 3.8) is 0 Å². The Kier molecular flexibility index (Phi) is 5.90. The number of carbonyl (C=O) groups excluding carboxylic acids is 2. The Morgan fingerprint density at radius 3 is 2.64 bits per heavy atom. The SMILES string of the molecule is O=C(Nc1nc2ccc(S(=O)(=O)N3CCCC3)cc2s1)c1cccc(CN2CCCC2=O)c1. The fourth-order valence-electron chi connectivity index (χ4n) is 4.27. The minimum atomic E-state index is -3.51. The van der Waals surface area contributed by atoms with Gasteiger partial charge < -0.3 is 4.90 Å². The van der Waals surface area contributed by atoms with E-state index in [0.717, 1.165) is 31.4 Å². The van der Waals surface area contributed by atoms with E-state index in [1.54, 1.807) is 41.3 Å². The van der Waals surface area contributed by atoms with Gasteiger partial charge in [0.05, 0.1) is 15.1 Å². The van der Waals surface area contributed by atoms with Gasteiger partial charge in [-0.1, -0.05) is 23.5 Å². The van der Waals surface area contributed by atoms with Crippen LogP contribution in [0.3, 0.4) is 0 Å². The number of aromatic nitrogens is 1. The Bertz CT molecular complexity index is 1330. The molecule has 10 heteroatoms. The van der Waals surface area contributed by atoms with Crippen LogP contribution in [0.15, 0.2) is 47.4 Å². The van der Waals surface area contributed by atoms with E-state index in [2.05, 4.69) is 10.3 Å². The summed E-state index contributed by atoms with van der Waals surface area (Å²) in [5.74, 6) is -0.154.